The van der Waals surface area contributed by atoms with Gasteiger partial charge in [0.25, 0.3) is 0 Å². The van der Waals surface area contributed by atoms with Crippen LogP contribution < -0.4 is 0 Å². The van der Waals surface area contributed by atoms with Gasteiger partial charge in [0, 0.05) is 17.9 Å². The summed E-state index contributed by atoms with van der Waals surface area (Å²) in [6.07, 6.45) is 7.42. The van der Waals surface area contributed by atoms with Crippen LogP contribution in [0.5, 0.6) is 0 Å². The van der Waals surface area contributed by atoms with Gasteiger partial charge in [0.2, 0.25) is 0 Å². The molecule has 1 N–H and O–H groups in total. The van der Waals surface area contributed by atoms with Crippen molar-refractivity contribution in [3.63, 3.8) is 0 Å². The molecule has 0 saturated heterocycles. The van der Waals surface area contributed by atoms with Gasteiger partial charge in [-0.05, 0) is 71.6 Å². The van der Waals surface area contributed by atoms with Crippen molar-refractivity contribution >= 4 is 11.8 Å². The lowest BCUT2D eigenvalue weighted by Crippen LogP contribution is -2.40. The monoisotopic (exact) mass is 416 g/mol. The second kappa shape index (κ2) is 12.5. The Hall–Kier alpha value is -2.24. The zero-order valence-electron chi connectivity index (χ0n) is 19.0. The standard InChI is InChI=1S/C16H20O5.C9H16/c1-9(2)4-5-20-15-8-12(16(18)19)11-7-13(17)10(3)6-14(11)21-15;1-8(2)6-5-7-9(3)4/h6,8,11,14-15H,1,4-5,7H2,2-3H3,(H,18,19);7H,1,5-6H2,2-4H3. The number of carbonyl (C=O) groups excluding carboxylic acids is 1. The second-order valence-electron chi connectivity index (χ2n) is 8.33. The maximum absolute atomic E-state index is 11.8. The molecular formula is C25H36O5. The Morgan fingerprint density at radius 1 is 1.20 bits per heavy atom. The molecule has 5 nitrogen and oxygen atoms in total. The highest BCUT2D eigenvalue weighted by atomic mass is 16.7. The average Bonchev–Trinajstić information content (AvgIpc) is 2.62. The molecule has 0 aromatic heterocycles. The van der Waals surface area contributed by atoms with Crippen LogP contribution >= 0.6 is 0 Å². The van der Waals surface area contributed by atoms with Crippen molar-refractivity contribution in [2.75, 3.05) is 6.61 Å². The fraction of sp³-hybridized carbons (Fsp3) is 0.520. The van der Waals surface area contributed by atoms with Gasteiger partial charge in [-0.1, -0.05) is 22.8 Å². The molecule has 0 aromatic carbocycles. The van der Waals surface area contributed by atoms with Gasteiger partial charge in [0.05, 0.1) is 12.7 Å². The van der Waals surface area contributed by atoms with E-state index < -0.39 is 24.3 Å². The normalized spacial score (nSPS) is 22.6. The first-order valence-electron chi connectivity index (χ1n) is 10.4. The van der Waals surface area contributed by atoms with Gasteiger partial charge in [-0.25, -0.2) is 4.79 Å². The van der Waals surface area contributed by atoms with Crippen molar-refractivity contribution in [1.29, 1.82) is 0 Å². The number of hydrogen-bond donors (Lipinski definition) is 1. The Kier molecular flexibility index (Phi) is 10.7. The minimum absolute atomic E-state index is 0.0337. The summed E-state index contributed by atoms with van der Waals surface area (Å²) in [6, 6.07) is 0. The van der Waals surface area contributed by atoms with Gasteiger partial charge in [0.15, 0.2) is 12.1 Å². The van der Waals surface area contributed by atoms with E-state index in [1.165, 1.54) is 17.2 Å². The van der Waals surface area contributed by atoms with Crippen molar-refractivity contribution in [2.45, 2.75) is 72.7 Å². The van der Waals surface area contributed by atoms with Crippen LogP contribution in [0.25, 0.3) is 0 Å². The van der Waals surface area contributed by atoms with Crippen molar-refractivity contribution in [3.05, 3.63) is 59.3 Å². The maximum Gasteiger partial charge on any atom is 0.331 e. The zero-order valence-corrected chi connectivity index (χ0v) is 19.0. The SMILES string of the molecule is C=C(C)CCC=C(C)C.C=C(C)CCOC1C=C(C(=O)O)C2CC(=O)C(C)=CC2O1. The van der Waals surface area contributed by atoms with E-state index in [2.05, 4.69) is 40.0 Å². The molecule has 0 saturated carbocycles. The Bertz CT molecular complexity index is 750. The van der Waals surface area contributed by atoms with E-state index >= 15 is 0 Å². The number of carboxylic acid groups (broad SMARTS) is 1. The van der Waals surface area contributed by atoms with E-state index in [1.807, 2.05) is 6.92 Å². The van der Waals surface area contributed by atoms with Gasteiger partial charge in [-0.3, -0.25) is 4.79 Å². The van der Waals surface area contributed by atoms with E-state index in [1.54, 1.807) is 13.0 Å². The Morgan fingerprint density at radius 2 is 1.83 bits per heavy atom. The molecule has 0 bridgehead atoms. The number of allylic oxidation sites excluding steroid dienone is 4. The molecule has 30 heavy (non-hydrogen) atoms. The largest absolute Gasteiger partial charge is 0.478 e. The molecule has 1 aliphatic heterocycles. The molecule has 2 rings (SSSR count). The van der Waals surface area contributed by atoms with Crippen LogP contribution in [0.1, 0.15) is 60.3 Å². The Labute approximate surface area is 180 Å². The second-order valence-corrected chi connectivity index (χ2v) is 8.33. The molecule has 1 aliphatic carbocycles. The van der Waals surface area contributed by atoms with Gasteiger partial charge in [-0.2, -0.15) is 0 Å². The van der Waals surface area contributed by atoms with E-state index in [0.29, 0.717) is 18.6 Å². The first-order valence-corrected chi connectivity index (χ1v) is 10.4. The zero-order chi connectivity index (χ0) is 22.8. The fourth-order valence-electron chi connectivity index (χ4n) is 3.09. The lowest BCUT2D eigenvalue weighted by Gasteiger charge is -2.35. The summed E-state index contributed by atoms with van der Waals surface area (Å²) in [7, 11) is 0. The number of carboxylic acids is 1. The minimum Gasteiger partial charge on any atom is -0.478 e. The number of Topliss-reactive ketones (excluding diaryl/α,β-unsaturated/α-hetero) is 1. The summed E-state index contributed by atoms with van der Waals surface area (Å²) in [4.78, 5) is 23.2. The van der Waals surface area contributed by atoms with Crippen LogP contribution in [0.4, 0.5) is 0 Å². The van der Waals surface area contributed by atoms with Gasteiger partial charge in [0.1, 0.15) is 0 Å². The smallest absolute Gasteiger partial charge is 0.331 e. The molecule has 3 atom stereocenters. The number of ether oxygens (including phenoxy) is 2. The molecule has 5 heteroatoms. The molecule has 2 aliphatic rings. The van der Waals surface area contributed by atoms with Crippen LogP contribution in [-0.4, -0.2) is 35.9 Å². The first-order chi connectivity index (χ1) is 14.0. The molecule has 3 unspecified atom stereocenters. The highest BCUT2D eigenvalue weighted by molar-refractivity contribution is 5.98. The number of carbonyl (C=O) groups is 2. The van der Waals surface area contributed by atoms with Crippen molar-refractivity contribution < 1.29 is 24.2 Å². The number of rotatable bonds is 8. The highest BCUT2D eigenvalue weighted by Crippen LogP contribution is 2.34. The third-order valence-electron chi connectivity index (χ3n) is 4.84. The van der Waals surface area contributed by atoms with Crippen LogP contribution in [0.2, 0.25) is 0 Å². The molecule has 1 heterocycles. The number of fused-ring (bicyclic) bond motifs is 1. The van der Waals surface area contributed by atoms with Gasteiger partial charge >= 0.3 is 5.97 Å². The average molecular weight is 417 g/mol. The van der Waals surface area contributed by atoms with E-state index in [0.717, 1.165) is 18.4 Å². The molecule has 0 aromatic rings. The predicted molar refractivity (Wildman–Crippen MR) is 120 cm³/mol. The molecule has 0 spiro atoms. The summed E-state index contributed by atoms with van der Waals surface area (Å²) in [5, 5.41) is 9.34. The number of ketones is 1. The highest BCUT2D eigenvalue weighted by Gasteiger charge is 2.39. The van der Waals surface area contributed by atoms with Crippen molar-refractivity contribution in [3.8, 4) is 0 Å². The number of hydrogen-bond acceptors (Lipinski definition) is 4. The molecular weight excluding hydrogens is 380 g/mol. The van der Waals surface area contributed by atoms with E-state index in [9.17, 15) is 14.7 Å². The van der Waals surface area contributed by atoms with Gasteiger partial charge < -0.3 is 14.6 Å². The summed E-state index contributed by atoms with van der Waals surface area (Å²) in [6.45, 7) is 18.0. The van der Waals surface area contributed by atoms with Crippen LogP contribution in [0.15, 0.2) is 59.3 Å². The quantitative estimate of drug-likeness (QED) is 0.525. The minimum atomic E-state index is -1.03. The van der Waals surface area contributed by atoms with Crippen molar-refractivity contribution in [1.82, 2.24) is 0 Å². The Balaban J connectivity index is 0.000000424. The summed E-state index contributed by atoms with van der Waals surface area (Å²) < 4.78 is 11.3. The topological polar surface area (TPSA) is 72.8 Å². The lowest BCUT2D eigenvalue weighted by molar-refractivity contribution is -0.158. The van der Waals surface area contributed by atoms with E-state index in [-0.39, 0.29) is 17.8 Å². The third kappa shape index (κ3) is 9.06. The van der Waals surface area contributed by atoms with E-state index in [4.69, 9.17) is 9.47 Å². The van der Waals surface area contributed by atoms with Crippen molar-refractivity contribution in [2.24, 2.45) is 5.92 Å². The molecule has 166 valence electrons. The predicted octanol–water partition coefficient (Wildman–Crippen LogP) is 5.55. The summed E-state index contributed by atoms with van der Waals surface area (Å²) in [5.74, 6) is -1.49. The lowest BCUT2D eigenvalue weighted by atomic mass is 9.80. The third-order valence-corrected chi connectivity index (χ3v) is 4.84. The maximum atomic E-state index is 11.8. The van der Waals surface area contributed by atoms with Crippen LogP contribution in [0.3, 0.4) is 0 Å². The first kappa shape index (κ1) is 25.8. The molecule has 0 radical (unpaired) electrons. The number of aliphatic carboxylic acids is 1. The van der Waals surface area contributed by atoms with Gasteiger partial charge in [-0.15, -0.1) is 13.2 Å². The summed E-state index contributed by atoms with van der Waals surface area (Å²) >= 11 is 0. The summed E-state index contributed by atoms with van der Waals surface area (Å²) in [5.41, 5.74) is 4.47. The molecule has 0 fully saturated rings. The molecule has 0 amide bonds. The van der Waals surface area contributed by atoms with Crippen LogP contribution in [0, 0.1) is 5.92 Å². The van der Waals surface area contributed by atoms with Crippen LogP contribution in [-0.2, 0) is 19.1 Å². The fourth-order valence-corrected chi connectivity index (χ4v) is 3.09. The Morgan fingerprint density at radius 3 is 2.37 bits per heavy atom.